The number of nitriles is 1. The fraction of sp³-hybridized carbons (Fsp3) is 0.0714. The van der Waals surface area contributed by atoms with Gasteiger partial charge in [-0.2, -0.15) is 15.0 Å². The number of thioether (sulfide) groups is 1. The van der Waals surface area contributed by atoms with Gasteiger partial charge in [-0.15, -0.1) is 11.8 Å². The van der Waals surface area contributed by atoms with E-state index in [1.165, 1.54) is 16.4 Å². The molecule has 0 aliphatic carbocycles. The molecule has 0 bridgehead atoms. The highest BCUT2D eigenvalue weighted by Crippen LogP contribution is 2.26. The molecule has 0 saturated carbocycles. The van der Waals surface area contributed by atoms with Crippen LogP contribution in [0.3, 0.4) is 0 Å². The largest absolute Gasteiger partial charge is 0.382 e. The molecule has 1 aromatic carbocycles. The maximum Gasteiger partial charge on any atom is 0.156 e. The van der Waals surface area contributed by atoms with Crippen molar-refractivity contribution in [3.05, 3.63) is 42.0 Å². The summed E-state index contributed by atoms with van der Waals surface area (Å²) in [6.07, 6.45) is 1.86. The Kier molecular flexibility index (Phi) is 3.05. The SMILES string of the molecule is CSc1nn(-c2ccc3ccccc3n2)c(N)c1C#N. The minimum Gasteiger partial charge on any atom is -0.382 e. The molecule has 0 aliphatic heterocycles. The van der Waals surface area contributed by atoms with Crippen LogP contribution in [0.1, 0.15) is 5.56 Å². The first kappa shape index (κ1) is 12.5. The summed E-state index contributed by atoms with van der Waals surface area (Å²) in [6, 6.07) is 13.7. The van der Waals surface area contributed by atoms with Crippen molar-refractivity contribution in [2.45, 2.75) is 5.03 Å². The van der Waals surface area contributed by atoms with Crippen molar-refractivity contribution >= 4 is 28.5 Å². The third-order valence-electron chi connectivity index (χ3n) is 2.99. The zero-order valence-electron chi connectivity index (χ0n) is 10.7. The van der Waals surface area contributed by atoms with Crippen LogP contribution in [0.25, 0.3) is 16.7 Å². The molecule has 2 aromatic heterocycles. The van der Waals surface area contributed by atoms with Gasteiger partial charge in [0, 0.05) is 5.39 Å². The second-order valence-corrected chi connectivity index (χ2v) is 4.95. The van der Waals surface area contributed by atoms with Gasteiger partial charge in [0.15, 0.2) is 5.82 Å². The van der Waals surface area contributed by atoms with Gasteiger partial charge >= 0.3 is 0 Å². The Balaban J connectivity index is 2.21. The molecule has 98 valence electrons. The number of hydrogen-bond acceptors (Lipinski definition) is 5. The highest BCUT2D eigenvalue weighted by Gasteiger charge is 2.16. The predicted octanol–water partition coefficient (Wildman–Crippen LogP) is 2.60. The highest BCUT2D eigenvalue weighted by molar-refractivity contribution is 7.98. The molecule has 0 saturated heterocycles. The predicted molar refractivity (Wildman–Crippen MR) is 79.8 cm³/mol. The average molecular weight is 281 g/mol. The zero-order chi connectivity index (χ0) is 14.1. The number of nitrogens with zero attached hydrogens (tertiary/aromatic N) is 4. The summed E-state index contributed by atoms with van der Waals surface area (Å²) in [5.74, 6) is 0.928. The molecule has 0 spiro atoms. The molecule has 0 aliphatic rings. The van der Waals surface area contributed by atoms with Crippen molar-refractivity contribution in [3.8, 4) is 11.9 Å². The van der Waals surface area contributed by atoms with Crippen molar-refractivity contribution in [1.29, 1.82) is 5.26 Å². The Morgan fingerprint density at radius 3 is 2.75 bits per heavy atom. The minimum absolute atomic E-state index is 0.319. The number of fused-ring (bicyclic) bond motifs is 1. The lowest BCUT2D eigenvalue weighted by atomic mass is 10.2. The fourth-order valence-electron chi connectivity index (χ4n) is 2.01. The van der Waals surface area contributed by atoms with Gasteiger partial charge in [-0.05, 0) is 24.5 Å². The van der Waals surface area contributed by atoms with Gasteiger partial charge in [-0.1, -0.05) is 18.2 Å². The van der Waals surface area contributed by atoms with E-state index in [2.05, 4.69) is 16.2 Å². The van der Waals surface area contributed by atoms with E-state index >= 15 is 0 Å². The number of nitrogens with two attached hydrogens (primary N) is 1. The van der Waals surface area contributed by atoms with Crippen LogP contribution < -0.4 is 5.73 Å². The summed E-state index contributed by atoms with van der Waals surface area (Å²) < 4.78 is 1.51. The zero-order valence-corrected chi connectivity index (χ0v) is 11.6. The lowest BCUT2D eigenvalue weighted by Crippen LogP contribution is -2.04. The molecule has 6 heteroatoms. The molecule has 2 N–H and O–H groups in total. The van der Waals surface area contributed by atoms with E-state index in [4.69, 9.17) is 11.0 Å². The first-order valence-corrected chi connectivity index (χ1v) is 7.16. The number of hydrogen-bond donors (Lipinski definition) is 1. The Labute approximate surface area is 120 Å². The summed E-state index contributed by atoms with van der Waals surface area (Å²) >= 11 is 1.39. The first-order chi connectivity index (χ1) is 9.74. The molecular weight excluding hydrogens is 270 g/mol. The molecule has 0 amide bonds. The summed E-state index contributed by atoms with van der Waals surface area (Å²) in [4.78, 5) is 4.53. The summed E-state index contributed by atoms with van der Waals surface area (Å²) in [6.45, 7) is 0. The van der Waals surface area contributed by atoms with Crippen LogP contribution in [-0.4, -0.2) is 21.0 Å². The van der Waals surface area contributed by atoms with E-state index in [1.54, 1.807) is 0 Å². The Morgan fingerprint density at radius 1 is 1.25 bits per heavy atom. The van der Waals surface area contributed by atoms with Crippen LogP contribution in [0.2, 0.25) is 0 Å². The van der Waals surface area contributed by atoms with Crippen molar-refractivity contribution < 1.29 is 0 Å². The number of aromatic nitrogens is 3. The molecule has 3 aromatic rings. The monoisotopic (exact) mass is 281 g/mol. The normalized spacial score (nSPS) is 10.6. The van der Waals surface area contributed by atoms with Crippen molar-refractivity contribution in [3.63, 3.8) is 0 Å². The van der Waals surface area contributed by atoms with Gasteiger partial charge < -0.3 is 5.73 Å². The second kappa shape index (κ2) is 4.87. The van der Waals surface area contributed by atoms with Crippen molar-refractivity contribution in [2.75, 3.05) is 12.0 Å². The molecule has 0 unspecified atom stereocenters. The number of para-hydroxylation sites is 1. The van der Waals surface area contributed by atoms with Crippen LogP contribution in [0, 0.1) is 11.3 Å². The number of benzene rings is 1. The average Bonchev–Trinajstić information content (AvgIpc) is 2.82. The number of anilines is 1. The van der Waals surface area contributed by atoms with Gasteiger partial charge in [0.05, 0.1) is 5.52 Å². The Bertz CT molecular complexity index is 831. The third-order valence-corrected chi connectivity index (χ3v) is 3.67. The maximum absolute atomic E-state index is 9.15. The number of pyridine rings is 1. The van der Waals surface area contributed by atoms with Crippen molar-refractivity contribution in [2.24, 2.45) is 0 Å². The maximum atomic E-state index is 9.15. The van der Waals surface area contributed by atoms with E-state index in [0.29, 0.717) is 22.2 Å². The third kappa shape index (κ3) is 1.89. The van der Waals surface area contributed by atoms with Gasteiger partial charge in [-0.25, -0.2) is 4.98 Å². The van der Waals surface area contributed by atoms with E-state index < -0.39 is 0 Å². The smallest absolute Gasteiger partial charge is 0.156 e. The molecule has 2 heterocycles. The fourth-order valence-corrected chi connectivity index (χ4v) is 2.52. The van der Waals surface area contributed by atoms with Crippen LogP contribution in [-0.2, 0) is 0 Å². The molecule has 3 rings (SSSR count). The first-order valence-electron chi connectivity index (χ1n) is 5.93. The van der Waals surface area contributed by atoms with Crippen molar-refractivity contribution in [1.82, 2.24) is 14.8 Å². The van der Waals surface area contributed by atoms with Crippen LogP contribution in [0.5, 0.6) is 0 Å². The second-order valence-electron chi connectivity index (χ2n) is 4.16. The molecule has 0 radical (unpaired) electrons. The van der Waals surface area contributed by atoms with E-state index in [0.717, 1.165) is 10.9 Å². The lowest BCUT2D eigenvalue weighted by molar-refractivity contribution is 0.824. The molecular formula is C14H11N5S. The highest BCUT2D eigenvalue weighted by atomic mass is 32.2. The summed E-state index contributed by atoms with van der Waals surface area (Å²) in [7, 11) is 0. The van der Waals surface area contributed by atoms with Crippen LogP contribution in [0.4, 0.5) is 5.82 Å². The Morgan fingerprint density at radius 2 is 2.05 bits per heavy atom. The standard InChI is InChI=1S/C14H11N5S/c1-20-14-10(8-15)13(16)19(18-14)12-7-6-9-4-2-3-5-11(9)17-12/h2-7H,16H2,1H3. The van der Waals surface area contributed by atoms with Gasteiger partial charge in [-0.3, -0.25) is 0 Å². The summed E-state index contributed by atoms with van der Waals surface area (Å²) in [5.41, 5.74) is 7.25. The lowest BCUT2D eigenvalue weighted by Gasteiger charge is -2.04. The summed E-state index contributed by atoms with van der Waals surface area (Å²) in [5, 5.41) is 15.2. The van der Waals surface area contributed by atoms with Crippen LogP contribution >= 0.6 is 11.8 Å². The van der Waals surface area contributed by atoms with Crippen LogP contribution in [0.15, 0.2) is 41.4 Å². The van der Waals surface area contributed by atoms with Gasteiger partial charge in [0.25, 0.3) is 0 Å². The van der Waals surface area contributed by atoms with E-state index in [-0.39, 0.29) is 0 Å². The van der Waals surface area contributed by atoms with Gasteiger partial charge in [0.1, 0.15) is 22.5 Å². The van der Waals surface area contributed by atoms with E-state index in [1.807, 2.05) is 42.7 Å². The van der Waals surface area contributed by atoms with Gasteiger partial charge in [0.2, 0.25) is 0 Å². The number of nitrogen functional groups attached to an aromatic ring is 1. The molecule has 0 atom stereocenters. The number of rotatable bonds is 2. The molecule has 5 nitrogen and oxygen atoms in total. The molecule has 0 fully saturated rings. The topological polar surface area (TPSA) is 80.5 Å². The molecule has 20 heavy (non-hydrogen) atoms. The van der Waals surface area contributed by atoms with E-state index in [9.17, 15) is 0 Å². The Hall–Kier alpha value is -2.52. The quantitative estimate of drug-likeness (QED) is 0.730. The minimum atomic E-state index is 0.319.